The summed E-state index contributed by atoms with van der Waals surface area (Å²) in [6, 6.07) is 13.6. The summed E-state index contributed by atoms with van der Waals surface area (Å²) in [5, 5.41) is 18.6. The Balaban J connectivity index is 1.82. The molecule has 0 atom stereocenters. The molecule has 0 saturated heterocycles. The molecule has 8 heteroatoms. The Bertz CT molecular complexity index is 968. The molecule has 0 aliphatic rings. The maximum Gasteiger partial charge on any atom is 0.293 e. The summed E-state index contributed by atoms with van der Waals surface area (Å²) < 4.78 is 1.66. The van der Waals surface area contributed by atoms with Gasteiger partial charge in [0.1, 0.15) is 5.69 Å². The lowest BCUT2D eigenvalue weighted by molar-refractivity contribution is -0.383. The van der Waals surface area contributed by atoms with Gasteiger partial charge in [-0.1, -0.05) is 18.2 Å². The van der Waals surface area contributed by atoms with Gasteiger partial charge >= 0.3 is 0 Å². The zero-order valence-corrected chi connectivity index (χ0v) is 15.0. The molecule has 0 unspecified atom stereocenters. The van der Waals surface area contributed by atoms with Gasteiger partial charge in [0.15, 0.2) is 0 Å². The molecule has 0 bridgehead atoms. The van der Waals surface area contributed by atoms with Gasteiger partial charge in [0.25, 0.3) is 11.6 Å². The number of nitrogens with one attached hydrogen (secondary N) is 1. The maximum absolute atomic E-state index is 12.7. The van der Waals surface area contributed by atoms with Crippen LogP contribution in [0.3, 0.4) is 0 Å². The summed E-state index contributed by atoms with van der Waals surface area (Å²) in [5.74, 6) is -0.298. The number of carbonyl (C=O) groups excluding carboxylic acids is 1. The number of nitrogens with zero attached hydrogens (tertiary/aromatic N) is 4. The zero-order valence-electron chi connectivity index (χ0n) is 15.0. The third-order valence-corrected chi connectivity index (χ3v) is 4.02. The normalized spacial score (nSPS) is 10.4. The van der Waals surface area contributed by atoms with Crippen molar-refractivity contribution in [1.29, 1.82) is 0 Å². The molecule has 2 aromatic carbocycles. The average molecular weight is 365 g/mol. The van der Waals surface area contributed by atoms with Gasteiger partial charge in [-0.2, -0.15) is 5.10 Å². The molecule has 0 radical (unpaired) electrons. The number of nitro groups is 1. The fourth-order valence-corrected chi connectivity index (χ4v) is 2.72. The van der Waals surface area contributed by atoms with E-state index in [0.717, 1.165) is 11.3 Å². The van der Waals surface area contributed by atoms with E-state index in [9.17, 15) is 14.9 Å². The van der Waals surface area contributed by atoms with Crippen molar-refractivity contribution in [3.8, 4) is 0 Å². The molecular formula is C19H19N5O3. The van der Waals surface area contributed by atoms with Crippen molar-refractivity contribution in [2.45, 2.75) is 6.54 Å². The van der Waals surface area contributed by atoms with E-state index < -0.39 is 4.92 Å². The fraction of sp³-hybridized carbons (Fsp3) is 0.158. The SMILES string of the molecule is CN(Cc1cnn(C)c1)C(=O)c1ccc(Nc2ccccc2)c([N+](=O)[O-])c1. The van der Waals surface area contributed by atoms with Gasteiger partial charge in [0, 0.05) is 49.7 Å². The molecule has 138 valence electrons. The molecule has 1 amide bonds. The number of aryl methyl sites for hydroxylation is 1. The lowest BCUT2D eigenvalue weighted by Crippen LogP contribution is -2.26. The number of aromatic nitrogens is 2. The molecule has 0 saturated carbocycles. The predicted molar refractivity (Wildman–Crippen MR) is 102 cm³/mol. The number of para-hydroxylation sites is 1. The van der Waals surface area contributed by atoms with E-state index in [1.54, 1.807) is 37.1 Å². The molecule has 8 nitrogen and oxygen atoms in total. The topological polar surface area (TPSA) is 93.3 Å². The minimum Gasteiger partial charge on any atom is -0.350 e. The zero-order chi connectivity index (χ0) is 19.4. The van der Waals surface area contributed by atoms with Crippen LogP contribution < -0.4 is 5.32 Å². The van der Waals surface area contributed by atoms with Crippen LogP contribution in [0.2, 0.25) is 0 Å². The van der Waals surface area contributed by atoms with Crippen LogP contribution in [0.15, 0.2) is 60.9 Å². The molecule has 3 aromatic rings. The molecular weight excluding hydrogens is 346 g/mol. The predicted octanol–water partition coefficient (Wildman–Crippen LogP) is 3.34. The van der Waals surface area contributed by atoms with E-state index in [-0.39, 0.29) is 17.2 Å². The Morgan fingerprint density at radius 1 is 1.26 bits per heavy atom. The first kappa shape index (κ1) is 18.1. The van der Waals surface area contributed by atoms with Crippen LogP contribution >= 0.6 is 0 Å². The summed E-state index contributed by atoms with van der Waals surface area (Å²) in [6.45, 7) is 0.366. The third kappa shape index (κ3) is 4.30. The first-order valence-corrected chi connectivity index (χ1v) is 8.27. The summed E-state index contributed by atoms with van der Waals surface area (Å²) in [4.78, 5) is 25.1. The number of benzene rings is 2. The highest BCUT2D eigenvalue weighted by molar-refractivity contribution is 5.95. The van der Waals surface area contributed by atoms with Gasteiger partial charge in [-0.05, 0) is 24.3 Å². The molecule has 0 aliphatic carbocycles. The van der Waals surface area contributed by atoms with E-state index in [0.29, 0.717) is 12.2 Å². The lowest BCUT2D eigenvalue weighted by Gasteiger charge is -2.16. The molecule has 1 heterocycles. The Kier molecular flexibility index (Phi) is 5.16. The van der Waals surface area contributed by atoms with Crippen LogP contribution in [0, 0.1) is 10.1 Å². The highest BCUT2D eigenvalue weighted by Gasteiger charge is 2.20. The van der Waals surface area contributed by atoms with Crippen molar-refractivity contribution in [2.24, 2.45) is 7.05 Å². The highest BCUT2D eigenvalue weighted by atomic mass is 16.6. The van der Waals surface area contributed by atoms with Crippen molar-refractivity contribution >= 4 is 23.0 Å². The van der Waals surface area contributed by atoms with Gasteiger partial charge in [0.05, 0.1) is 11.1 Å². The Hall–Kier alpha value is -3.68. The largest absolute Gasteiger partial charge is 0.350 e. The summed E-state index contributed by atoms with van der Waals surface area (Å²) in [7, 11) is 3.45. The summed E-state index contributed by atoms with van der Waals surface area (Å²) >= 11 is 0. The lowest BCUT2D eigenvalue weighted by atomic mass is 10.1. The minimum absolute atomic E-state index is 0.153. The van der Waals surface area contributed by atoms with Crippen molar-refractivity contribution < 1.29 is 9.72 Å². The smallest absolute Gasteiger partial charge is 0.293 e. The van der Waals surface area contributed by atoms with Crippen LogP contribution in [0.5, 0.6) is 0 Å². The van der Waals surface area contributed by atoms with Crippen LogP contribution in [0.25, 0.3) is 0 Å². The second kappa shape index (κ2) is 7.69. The monoisotopic (exact) mass is 365 g/mol. The van der Waals surface area contributed by atoms with Crippen molar-refractivity contribution in [1.82, 2.24) is 14.7 Å². The second-order valence-electron chi connectivity index (χ2n) is 6.16. The summed E-state index contributed by atoms with van der Waals surface area (Å²) in [5.41, 5.74) is 2.04. The van der Waals surface area contributed by atoms with Crippen LogP contribution in [-0.4, -0.2) is 32.6 Å². The number of nitro benzene ring substituents is 1. The Morgan fingerprint density at radius 2 is 2.00 bits per heavy atom. The van der Waals surface area contributed by atoms with Crippen molar-refractivity contribution in [3.05, 3.63) is 82.2 Å². The van der Waals surface area contributed by atoms with Gasteiger partial charge in [0.2, 0.25) is 0 Å². The molecule has 0 aliphatic heterocycles. The first-order valence-electron chi connectivity index (χ1n) is 8.27. The first-order chi connectivity index (χ1) is 12.9. The second-order valence-corrected chi connectivity index (χ2v) is 6.16. The van der Waals surface area contributed by atoms with Crippen LogP contribution in [-0.2, 0) is 13.6 Å². The molecule has 0 fully saturated rings. The highest BCUT2D eigenvalue weighted by Crippen LogP contribution is 2.29. The average Bonchev–Trinajstić information content (AvgIpc) is 3.06. The van der Waals surface area contributed by atoms with Gasteiger partial charge in [-0.3, -0.25) is 19.6 Å². The minimum atomic E-state index is -0.497. The molecule has 1 aromatic heterocycles. The number of anilines is 2. The maximum atomic E-state index is 12.7. The quantitative estimate of drug-likeness (QED) is 0.534. The Morgan fingerprint density at radius 3 is 2.63 bits per heavy atom. The van der Waals surface area contributed by atoms with Crippen molar-refractivity contribution in [2.75, 3.05) is 12.4 Å². The number of hydrogen-bond donors (Lipinski definition) is 1. The van der Waals surface area contributed by atoms with E-state index in [4.69, 9.17) is 0 Å². The number of carbonyl (C=O) groups is 1. The molecule has 27 heavy (non-hydrogen) atoms. The molecule has 3 rings (SSSR count). The van der Waals surface area contributed by atoms with Crippen LogP contribution in [0.4, 0.5) is 17.1 Å². The molecule has 0 spiro atoms. The van der Waals surface area contributed by atoms with E-state index in [1.807, 2.05) is 36.5 Å². The Labute approximate surface area is 156 Å². The van der Waals surface area contributed by atoms with E-state index >= 15 is 0 Å². The van der Waals surface area contributed by atoms with Gasteiger partial charge in [-0.15, -0.1) is 0 Å². The van der Waals surface area contributed by atoms with Gasteiger partial charge < -0.3 is 10.2 Å². The fourth-order valence-electron chi connectivity index (χ4n) is 2.72. The summed E-state index contributed by atoms with van der Waals surface area (Å²) in [6.07, 6.45) is 3.50. The standard InChI is InChI=1S/C19H19N5O3/c1-22(12-14-11-20-23(2)13-14)19(25)15-8-9-17(18(10-15)24(26)27)21-16-6-4-3-5-7-16/h3-11,13,21H,12H2,1-2H3. The van der Waals surface area contributed by atoms with Crippen molar-refractivity contribution in [3.63, 3.8) is 0 Å². The number of hydrogen-bond acceptors (Lipinski definition) is 5. The third-order valence-electron chi connectivity index (χ3n) is 4.02. The van der Waals surface area contributed by atoms with E-state index in [1.165, 1.54) is 11.0 Å². The van der Waals surface area contributed by atoms with Crippen LogP contribution in [0.1, 0.15) is 15.9 Å². The van der Waals surface area contributed by atoms with E-state index in [2.05, 4.69) is 10.4 Å². The number of amides is 1. The van der Waals surface area contributed by atoms with Gasteiger partial charge in [-0.25, -0.2) is 0 Å². The molecule has 1 N–H and O–H groups in total. The number of rotatable bonds is 6.